The van der Waals surface area contributed by atoms with Crippen LogP contribution in [-0.2, 0) is 0 Å². The molecule has 1 aliphatic heterocycles. The molecule has 15 heavy (non-hydrogen) atoms. The second-order valence-corrected chi connectivity index (χ2v) is 4.08. The zero-order valence-corrected chi connectivity index (χ0v) is 9.54. The lowest BCUT2D eigenvalue weighted by atomic mass is 10.3. The highest BCUT2D eigenvalue weighted by Crippen LogP contribution is 2.18. The third kappa shape index (κ3) is 2.58. The molecule has 0 amide bonds. The number of nitrogens with one attached hydrogen (secondary N) is 1. The summed E-state index contributed by atoms with van der Waals surface area (Å²) in [5.74, 6) is 0.696. The van der Waals surface area contributed by atoms with E-state index in [0.29, 0.717) is 17.0 Å². The van der Waals surface area contributed by atoms with E-state index in [1.54, 1.807) is 12.4 Å². The second-order valence-electron chi connectivity index (χ2n) is 3.72. The fourth-order valence-electron chi connectivity index (χ4n) is 1.85. The van der Waals surface area contributed by atoms with E-state index in [1.165, 1.54) is 0 Å². The van der Waals surface area contributed by atoms with Crippen molar-refractivity contribution in [2.75, 3.05) is 25.0 Å². The highest BCUT2D eigenvalue weighted by atomic mass is 35.5. The minimum atomic E-state index is 0.444. The monoisotopic (exact) mass is 226 g/mol. The first-order valence-corrected chi connectivity index (χ1v) is 5.62. The predicted molar refractivity (Wildman–Crippen MR) is 61.2 cm³/mol. The number of anilines is 1. The molecule has 0 aromatic carbocycles. The molecule has 1 atom stereocenters. The molecule has 2 heterocycles. The summed E-state index contributed by atoms with van der Waals surface area (Å²) in [6.45, 7) is 5.49. The van der Waals surface area contributed by atoms with Crippen LogP contribution in [0.1, 0.15) is 13.3 Å². The highest BCUT2D eigenvalue weighted by molar-refractivity contribution is 6.31. The topological polar surface area (TPSA) is 41.0 Å². The smallest absolute Gasteiger partial charge is 0.171 e. The van der Waals surface area contributed by atoms with Crippen LogP contribution in [-0.4, -0.2) is 40.5 Å². The Hall–Kier alpha value is -0.870. The molecule has 0 saturated carbocycles. The van der Waals surface area contributed by atoms with E-state index in [2.05, 4.69) is 27.1 Å². The van der Waals surface area contributed by atoms with Gasteiger partial charge in [0.25, 0.3) is 0 Å². The second kappa shape index (κ2) is 4.77. The molecular weight excluding hydrogens is 212 g/mol. The number of hydrogen-bond acceptors (Lipinski definition) is 4. The number of likely N-dealkylation sites (tertiary alicyclic amines) is 1. The molecule has 0 bridgehead atoms. The van der Waals surface area contributed by atoms with Crippen LogP contribution in [0.25, 0.3) is 0 Å². The third-order valence-electron chi connectivity index (χ3n) is 2.71. The van der Waals surface area contributed by atoms with Crippen molar-refractivity contribution in [3.63, 3.8) is 0 Å². The van der Waals surface area contributed by atoms with Crippen molar-refractivity contribution in [2.45, 2.75) is 19.4 Å². The van der Waals surface area contributed by atoms with Gasteiger partial charge in [0.05, 0.1) is 0 Å². The van der Waals surface area contributed by atoms with Gasteiger partial charge in [0, 0.05) is 31.5 Å². The van der Waals surface area contributed by atoms with Gasteiger partial charge in [-0.25, -0.2) is 9.97 Å². The molecule has 1 fully saturated rings. The maximum absolute atomic E-state index is 5.92. The molecule has 1 saturated heterocycles. The maximum atomic E-state index is 5.92. The quantitative estimate of drug-likeness (QED) is 0.851. The lowest BCUT2D eigenvalue weighted by Crippen LogP contribution is -2.26. The molecule has 82 valence electrons. The third-order valence-corrected chi connectivity index (χ3v) is 2.99. The summed E-state index contributed by atoms with van der Waals surface area (Å²) in [4.78, 5) is 10.6. The molecule has 0 spiro atoms. The Balaban J connectivity index is 1.96. The van der Waals surface area contributed by atoms with E-state index in [1.807, 2.05) is 0 Å². The lowest BCUT2D eigenvalue weighted by molar-refractivity contribution is 0.356. The summed E-state index contributed by atoms with van der Waals surface area (Å²) in [5.41, 5.74) is 0. The van der Waals surface area contributed by atoms with Gasteiger partial charge in [0.1, 0.15) is 0 Å². The van der Waals surface area contributed by atoms with Crippen LogP contribution in [0.4, 0.5) is 5.82 Å². The molecule has 1 aliphatic rings. The number of halogens is 1. The number of likely N-dealkylation sites (N-methyl/N-ethyl adjacent to an activating group) is 1. The molecule has 4 nitrogen and oxygen atoms in total. The molecule has 0 radical (unpaired) electrons. The van der Waals surface area contributed by atoms with Gasteiger partial charge in [-0.2, -0.15) is 0 Å². The van der Waals surface area contributed by atoms with Gasteiger partial charge in [-0.3, -0.25) is 0 Å². The van der Waals surface area contributed by atoms with Crippen LogP contribution in [0.2, 0.25) is 5.15 Å². The summed E-state index contributed by atoms with van der Waals surface area (Å²) in [5, 5.41) is 3.78. The highest BCUT2D eigenvalue weighted by Gasteiger charge is 2.21. The van der Waals surface area contributed by atoms with Crippen LogP contribution in [0.5, 0.6) is 0 Å². The Morgan fingerprint density at radius 1 is 1.53 bits per heavy atom. The maximum Gasteiger partial charge on any atom is 0.171 e. The fraction of sp³-hybridized carbons (Fsp3) is 0.600. The summed E-state index contributed by atoms with van der Waals surface area (Å²) in [6.07, 6.45) is 4.39. The average molecular weight is 227 g/mol. The van der Waals surface area contributed by atoms with E-state index in [0.717, 1.165) is 26.1 Å². The molecular formula is C10H15ClN4. The van der Waals surface area contributed by atoms with Crippen LogP contribution in [0, 0.1) is 0 Å². The van der Waals surface area contributed by atoms with Crippen molar-refractivity contribution in [1.29, 1.82) is 0 Å². The van der Waals surface area contributed by atoms with Crippen molar-refractivity contribution in [1.82, 2.24) is 14.9 Å². The van der Waals surface area contributed by atoms with Crippen LogP contribution >= 0.6 is 11.6 Å². The predicted octanol–water partition coefficient (Wildman–Crippen LogP) is 1.64. The molecule has 1 aromatic rings. The Morgan fingerprint density at radius 3 is 3.00 bits per heavy atom. The standard InChI is InChI=1S/C10H15ClN4/c1-2-15-6-3-8(7-15)14-10-9(11)12-4-5-13-10/h4-5,8H,2-3,6-7H2,1H3,(H,13,14). The molecule has 2 rings (SSSR count). The average Bonchev–Trinajstić information content (AvgIpc) is 2.69. The van der Waals surface area contributed by atoms with E-state index in [-0.39, 0.29) is 0 Å². The summed E-state index contributed by atoms with van der Waals surface area (Å²) < 4.78 is 0. The van der Waals surface area contributed by atoms with Gasteiger partial charge in [-0.05, 0) is 13.0 Å². The van der Waals surface area contributed by atoms with Gasteiger partial charge in [0.2, 0.25) is 0 Å². The first kappa shape index (κ1) is 10.6. The van der Waals surface area contributed by atoms with Crippen molar-refractivity contribution >= 4 is 17.4 Å². The minimum absolute atomic E-state index is 0.444. The Bertz CT molecular complexity index is 331. The number of rotatable bonds is 3. The van der Waals surface area contributed by atoms with Gasteiger partial charge in [-0.1, -0.05) is 18.5 Å². The molecule has 1 N–H and O–H groups in total. The fourth-order valence-corrected chi connectivity index (χ4v) is 2.01. The number of nitrogens with zero attached hydrogens (tertiary/aromatic N) is 3. The zero-order chi connectivity index (χ0) is 10.7. The Kier molecular flexibility index (Phi) is 3.38. The summed E-state index contributed by atoms with van der Waals surface area (Å²) in [6, 6.07) is 0.444. The summed E-state index contributed by atoms with van der Waals surface area (Å²) in [7, 11) is 0. The van der Waals surface area contributed by atoms with Crippen LogP contribution in [0.15, 0.2) is 12.4 Å². The number of aromatic nitrogens is 2. The van der Waals surface area contributed by atoms with Gasteiger partial charge in [0.15, 0.2) is 11.0 Å². The van der Waals surface area contributed by atoms with E-state index < -0.39 is 0 Å². The van der Waals surface area contributed by atoms with E-state index >= 15 is 0 Å². The van der Waals surface area contributed by atoms with E-state index in [4.69, 9.17) is 11.6 Å². The number of hydrogen-bond donors (Lipinski definition) is 1. The van der Waals surface area contributed by atoms with E-state index in [9.17, 15) is 0 Å². The first-order chi connectivity index (χ1) is 7.29. The van der Waals surface area contributed by atoms with Crippen LogP contribution < -0.4 is 5.32 Å². The largest absolute Gasteiger partial charge is 0.363 e. The molecule has 1 unspecified atom stereocenters. The minimum Gasteiger partial charge on any atom is -0.363 e. The SMILES string of the molecule is CCN1CCC(Nc2nccnc2Cl)C1. The van der Waals surface area contributed by atoms with Gasteiger partial charge < -0.3 is 10.2 Å². The van der Waals surface area contributed by atoms with Crippen molar-refractivity contribution < 1.29 is 0 Å². The van der Waals surface area contributed by atoms with Gasteiger partial charge in [-0.15, -0.1) is 0 Å². The van der Waals surface area contributed by atoms with Crippen molar-refractivity contribution in [3.05, 3.63) is 17.5 Å². The zero-order valence-electron chi connectivity index (χ0n) is 8.78. The van der Waals surface area contributed by atoms with Gasteiger partial charge >= 0.3 is 0 Å². The van der Waals surface area contributed by atoms with Crippen molar-refractivity contribution in [3.8, 4) is 0 Å². The molecule has 5 heteroatoms. The Morgan fingerprint density at radius 2 is 2.33 bits per heavy atom. The molecule has 1 aromatic heterocycles. The van der Waals surface area contributed by atoms with Crippen molar-refractivity contribution in [2.24, 2.45) is 0 Å². The summed E-state index contributed by atoms with van der Waals surface area (Å²) >= 11 is 5.92. The molecule has 0 aliphatic carbocycles. The first-order valence-electron chi connectivity index (χ1n) is 5.25. The van der Waals surface area contributed by atoms with Crippen LogP contribution in [0.3, 0.4) is 0 Å². The Labute approximate surface area is 94.7 Å². The lowest BCUT2D eigenvalue weighted by Gasteiger charge is -2.15. The normalized spacial score (nSPS) is 21.9.